The number of ether oxygens (including phenoxy) is 1. The second-order valence-electron chi connectivity index (χ2n) is 7.22. The third kappa shape index (κ3) is 4.06. The predicted octanol–water partition coefficient (Wildman–Crippen LogP) is 2.70. The number of nitrogens with zero attached hydrogens (tertiary/aromatic N) is 1. The number of carbonyl (C=O) groups is 2. The second-order valence-corrected chi connectivity index (χ2v) is 7.22. The highest BCUT2D eigenvalue weighted by atomic mass is 16.5. The van der Waals surface area contributed by atoms with Crippen molar-refractivity contribution in [2.45, 2.75) is 32.2 Å². The Morgan fingerprint density at radius 1 is 1.15 bits per heavy atom. The highest BCUT2D eigenvalue weighted by Crippen LogP contribution is 2.31. The third-order valence-electron chi connectivity index (χ3n) is 4.62. The van der Waals surface area contributed by atoms with Gasteiger partial charge in [0.05, 0.1) is 24.8 Å². The van der Waals surface area contributed by atoms with Crippen LogP contribution in [0.3, 0.4) is 0 Å². The summed E-state index contributed by atoms with van der Waals surface area (Å²) in [7, 11) is 1.62. The molecule has 140 valence electrons. The summed E-state index contributed by atoms with van der Waals surface area (Å²) in [5.41, 5.74) is 5.62. The van der Waals surface area contributed by atoms with Gasteiger partial charge in [0.15, 0.2) is 5.78 Å². The molecule has 3 rings (SSSR count). The third-order valence-corrected chi connectivity index (χ3v) is 4.62. The molecule has 3 N–H and O–H groups in total. The Morgan fingerprint density at radius 3 is 2.44 bits per heavy atom. The van der Waals surface area contributed by atoms with Crippen molar-refractivity contribution in [2.24, 2.45) is 10.8 Å². The van der Waals surface area contributed by atoms with Crippen LogP contribution in [-0.4, -0.2) is 30.1 Å². The standard InChI is InChI=1S/C21H23N3O3/c1-21(2)12-15-8-9-16(27-3)10-17(15)18(23-21)11-19(25)13-4-6-14(7-5-13)20(26)24-22/h4-10H,11-12,22H2,1-3H3,(H,24,26). The van der Waals surface area contributed by atoms with Gasteiger partial charge in [-0.05, 0) is 50.1 Å². The van der Waals surface area contributed by atoms with Crippen LogP contribution in [0.5, 0.6) is 5.75 Å². The number of carbonyl (C=O) groups excluding carboxylic acids is 2. The predicted molar refractivity (Wildman–Crippen MR) is 104 cm³/mol. The lowest BCUT2D eigenvalue weighted by atomic mass is 9.85. The number of methoxy groups -OCH3 is 1. The van der Waals surface area contributed by atoms with Crippen LogP contribution in [0.4, 0.5) is 0 Å². The number of benzene rings is 2. The molecule has 0 unspecified atom stereocenters. The molecule has 6 nitrogen and oxygen atoms in total. The van der Waals surface area contributed by atoms with E-state index in [0.717, 1.165) is 29.0 Å². The van der Waals surface area contributed by atoms with Crippen molar-refractivity contribution >= 4 is 17.4 Å². The Bertz CT molecular complexity index is 915. The molecule has 0 atom stereocenters. The van der Waals surface area contributed by atoms with Crippen LogP contribution in [-0.2, 0) is 6.42 Å². The van der Waals surface area contributed by atoms with Gasteiger partial charge in [0, 0.05) is 16.7 Å². The van der Waals surface area contributed by atoms with E-state index in [0.29, 0.717) is 11.1 Å². The number of hydrazine groups is 1. The van der Waals surface area contributed by atoms with Gasteiger partial charge in [-0.3, -0.25) is 20.0 Å². The summed E-state index contributed by atoms with van der Waals surface area (Å²) in [4.78, 5) is 29.1. The molecular weight excluding hydrogens is 342 g/mol. The normalized spacial score (nSPS) is 14.7. The molecule has 2 aromatic carbocycles. The molecule has 0 saturated heterocycles. The van der Waals surface area contributed by atoms with Gasteiger partial charge in [-0.25, -0.2) is 5.84 Å². The molecule has 0 aromatic heterocycles. The molecular formula is C21H23N3O3. The first-order valence-electron chi connectivity index (χ1n) is 8.73. The Kier molecular flexibility index (Phi) is 5.10. The molecule has 0 bridgehead atoms. The highest BCUT2D eigenvalue weighted by molar-refractivity contribution is 6.17. The summed E-state index contributed by atoms with van der Waals surface area (Å²) in [5.74, 6) is 5.42. The number of nitrogens with one attached hydrogen (secondary N) is 1. The van der Waals surface area contributed by atoms with Crippen LogP contribution in [0.15, 0.2) is 47.5 Å². The van der Waals surface area contributed by atoms with Crippen LogP contribution >= 0.6 is 0 Å². The number of amides is 1. The van der Waals surface area contributed by atoms with Gasteiger partial charge in [-0.15, -0.1) is 0 Å². The van der Waals surface area contributed by atoms with Gasteiger partial charge in [0.1, 0.15) is 5.75 Å². The van der Waals surface area contributed by atoms with Crippen LogP contribution in [0, 0.1) is 0 Å². The first-order valence-corrected chi connectivity index (χ1v) is 8.73. The smallest absolute Gasteiger partial charge is 0.265 e. The Morgan fingerprint density at radius 2 is 1.81 bits per heavy atom. The second kappa shape index (κ2) is 7.32. The van der Waals surface area contributed by atoms with E-state index in [-0.39, 0.29) is 17.7 Å². The number of fused-ring (bicyclic) bond motifs is 1. The molecule has 0 fully saturated rings. The molecule has 6 heteroatoms. The van der Waals surface area contributed by atoms with Crippen LogP contribution in [0.1, 0.15) is 52.1 Å². The molecule has 2 aromatic rings. The summed E-state index contributed by atoms with van der Waals surface area (Å²) >= 11 is 0. The van der Waals surface area contributed by atoms with E-state index in [1.165, 1.54) is 0 Å². The molecule has 1 heterocycles. The first-order chi connectivity index (χ1) is 12.8. The van der Waals surface area contributed by atoms with Crippen LogP contribution < -0.4 is 16.0 Å². The Labute approximate surface area is 158 Å². The molecule has 1 aliphatic rings. The zero-order valence-electron chi connectivity index (χ0n) is 15.7. The number of ketones is 1. The summed E-state index contributed by atoms with van der Waals surface area (Å²) in [6.07, 6.45) is 0.999. The minimum absolute atomic E-state index is 0.0556. The van der Waals surface area contributed by atoms with Crippen LogP contribution in [0.2, 0.25) is 0 Å². The van der Waals surface area contributed by atoms with Crippen molar-refractivity contribution in [3.63, 3.8) is 0 Å². The SMILES string of the molecule is COc1ccc2c(c1)C(CC(=O)c1ccc(C(=O)NN)cc1)=NC(C)(C)C2. The van der Waals surface area contributed by atoms with Gasteiger partial charge in [0.2, 0.25) is 0 Å². The molecule has 0 radical (unpaired) electrons. The fourth-order valence-electron chi connectivity index (χ4n) is 3.32. The Hall–Kier alpha value is -2.99. The lowest BCUT2D eigenvalue weighted by Gasteiger charge is -2.29. The minimum Gasteiger partial charge on any atom is -0.497 e. The molecule has 1 amide bonds. The summed E-state index contributed by atoms with van der Waals surface area (Å²) < 4.78 is 5.33. The van der Waals surface area contributed by atoms with E-state index >= 15 is 0 Å². The number of aliphatic imine (C=N–C) groups is 1. The van der Waals surface area contributed by atoms with Crippen molar-refractivity contribution in [3.05, 3.63) is 64.7 Å². The average Bonchev–Trinajstić information content (AvgIpc) is 2.66. The van der Waals surface area contributed by atoms with E-state index in [1.807, 2.05) is 18.2 Å². The molecule has 0 saturated carbocycles. The average molecular weight is 365 g/mol. The van der Waals surface area contributed by atoms with Crippen molar-refractivity contribution in [1.29, 1.82) is 0 Å². The number of hydrogen-bond acceptors (Lipinski definition) is 5. The van der Waals surface area contributed by atoms with Crippen molar-refractivity contribution < 1.29 is 14.3 Å². The zero-order valence-corrected chi connectivity index (χ0v) is 15.7. The summed E-state index contributed by atoms with van der Waals surface area (Å²) in [5, 5.41) is 0. The fraction of sp³-hybridized carbons (Fsp3) is 0.286. The number of rotatable bonds is 5. The maximum absolute atomic E-state index is 12.8. The van der Waals surface area contributed by atoms with Crippen molar-refractivity contribution in [1.82, 2.24) is 5.43 Å². The molecule has 0 aliphatic carbocycles. The number of Topliss-reactive ketones (excluding diaryl/α,β-unsaturated/α-hetero) is 1. The number of nitrogens with two attached hydrogens (primary N) is 1. The fourth-order valence-corrected chi connectivity index (χ4v) is 3.32. The van der Waals surface area contributed by atoms with Crippen molar-refractivity contribution in [3.8, 4) is 5.75 Å². The number of hydrogen-bond donors (Lipinski definition) is 2. The van der Waals surface area contributed by atoms with Gasteiger partial charge in [0.25, 0.3) is 5.91 Å². The van der Waals surface area contributed by atoms with E-state index in [2.05, 4.69) is 19.3 Å². The van der Waals surface area contributed by atoms with Gasteiger partial charge in [-0.2, -0.15) is 0 Å². The van der Waals surface area contributed by atoms with Crippen LogP contribution in [0.25, 0.3) is 0 Å². The molecule has 0 spiro atoms. The maximum Gasteiger partial charge on any atom is 0.265 e. The maximum atomic E-state index is 12.8. The van der Waals surface area contributed by atoms with E-state index in [9.17, 15) is 9.59 Å². The first kappa shape index (κ1) is 18.8. The zero-order chi connectivity index (χ0) is 19.6. The summed E-state index contributed by atoms with van der Waals surface area (Å²) in [6, 6.07) is 12.3. The van der Waals surface area contributed by atoms with Crippen molar-refractivity contribution in [2.75, 3.05) is 7.11 Å². The van der Waals surface area contributed by atoms with E-state index < -0.39 is 5.91 Å². The highest BCUT2D eigenvalue weighted by Gasteiger charge is 2.28. The largest absolute Gasteiger partial charge is 0.497 e. The molecule has 1 aliphatic heterocycles. The van der Waals surface area contributed by atoms with Gasteiger partial charge < -0.3 is 4.74 Å². The minimum atomic E-state index is -0.395. The quantitative estimate of drug-likeness (QED) is 0.369. The topological polar surface area (TPSA) is 93.8 Å². The molecule has 27 heavy (non-hydrogen) atoms. The Balaban J connectivity index is 1.88. The lowest BCUT2D eigenvalue weighted by molar-refractivity contribution is 0.0951. The van der Waals surface area contributed by atoms with Gasteiger partial charge in [-0.1, -0.05) is 18.2 Å². The van der Waals surface area contributed by atoms with E-state index in [4.69, 9.17) is 15.6 Å². The van der Waals surface area contributed by atoms with E-state index in [1.54, 1.807) is 31.4 Å². The summed E-state index contributed by atoms with van der Waals surface area (Å²) in [6.45, 7) is 4.12. The van der Waals surface area contributed by atoms with Gasteiger partial charge >= 0.3 is 0 Å². The number of nitrogen functional groups attached to an aromatic ring is 1. The monoisotopic (exact) mass is 365 g/mol. The lowest BCUT2D eigenvalue weighted by Crippen LogP contribution is -2.30.